The number of unbranched alkanes of at least 4 members (excludes halogenated alkanes) is 10. The van der Waals surface area contributed by atoms with E-state index in [1.807, 2.05) is 0 Å². The molecule has 14 heteroatoms. The van der Waals surface area contributed by atoms with Crippen molar-refractivity contribution in [2.24, 2.45) is 0 Å². The van der Waals surface area contributed by atoms with Gasteiger partial charge in [-0.3, -0.25) is 24.0 Å². The number of esters is 4. The van der Waals surface area contributed by atoms with Crippen LogP contribution in [0.15, 0.2) is 0 Å². The molecule has 2 N–H and O–H groups in total. The first-order valence-electron chi connectivity index (χ1n) is 17.1. The predicted octanol–water partition coefficient (Wildman–Crippen LogP) is 4.78. The summed E-state index contributed by atoms with van der Waals surface area (Å²) >= 11 is 0. The smallest absolute Gasteiger partial charge is 0.409 e. The summed E-state index contributed by atoms with van der Waals surface area (Å²) in [7, 11) is 0. The lowest BCUT2D eigenvalue weighted by Gasteiger charge is -2.44. The Hall–Kier alpha value is -3.42. The summed E-state index contributed by atoms with van der Waals surface area (Å²) in [5.41, 5.74) is -0.797. The van der Waals surface area contributed by atoms with Crippen LogP contribution in [0.25, 0.3) is 0 Å². The number of amides is 2. The Morgan fingerprint density at radius 2 is 1.12 bits per heavy atom. The van der Waals surface area contributed by atoms with Crippen molar-refractivity contribution in [3.05, 3.63) is 0 Å². The maximum absolute atomic E-state index is 13.8. The summed E-state index contributed by atoms with van der Waals surface area (Å²) < 4.78 is 32.6. The standard InChI is InChI=1S/C34H58N2O12/c1-9-10-11-12-13-14-15-16-17-18-19-20-27(36-33(42)48-34(6,7)8)35-32(41)31-30(46-25(5)40)29(45-24(4)39)28(44-23(3)38)26(47-31)21-43-22(2)37/h26-31H,9-21H2,1-8H3,(H,35,41)(H,36,42)/t26-,27-,28+,29+,30-,31-/m1/s1. The minimum Gasteiger partial charge on any atom is -0.463 e. The molecule has 1 aliphatic heterocycles. The molecule has 6 atom stereocenters. The molecule has 276 valence electrons. The van der Waals surface area contributed by atoms with Crippen molar-refractivity contribution < 1.29 is 57.2 Å². The maximum Gasteiger partial charge on any atom is 0.409 e. The summed E-state index contributed by atoms with van der Waals surface area (Å²) in [5, 5.41) is 5.42. The number of hydrogen-bond donors (Lipinski definition) is 2. The molecule has 14 nitrogen and oxygen atoms in total. The second-order valence-corrected chi connectivity index (χ2v) is 13.2. The highest BCUT2D eigenvalue weighted by Crippen LogP contribution is 2.30. The van der Waals surface area contributed by atoms with E-state index < -0.39 is 84.8 Å². The highest BCUT2D eigenvalue weighted by atomic mass is 16.7. The van der Waals surface area contributed by atoms with Gasteiger partial charge in [0, 0.05) is 27.7 Å². The van der Waals surface area contributed by atoms with Gasteiger partial charge in [0.15, 0.2) is 24.4 Å². The predicted molar refractivity (Wildman–Crippen MR) is 174 cm³/mol. The highest BCUT2D eigenvalue weighted by Gasteiger charge is 2.54. The molecule has 0 aromatic heterocycles. The Morgan fingerprint density at radius 3 is 1.60 bits per heavy atom. The molecule has 1 saturated heterocycles. The molecule has 1 rings (SSSR count). The van der Waals surface area contributed by atoms with E-state index in [1.165, 1.54) is 38.5 Å². The molecule has 0 aromatic rings. The fourth-order valence-electron chi connectivity index (χ4n) is 5.34. The Morgan fingerprint density at radius 1 is 0.646 bits per heavy atom. The van der Waals surface area contributed by atoms with Gasteiger partial charge in [-0.25, -0.2) is 4.79 Å². The van der Waals surface area contributed by atoms with E-state index in [-0.39, 0.29) is 0 Å². The molecule has 0 bridgehead atoms. The minimum atomic E-state index is -1.62. The van der Waals surface area contributed by atoms with Crippen LogP contribution in [0, 0.1) is 0 Å². The Kier molecular flexibility index (Phi) is 19.8. The molecule has 1 heterocycles. The van der Waals surface area contributed by atoms with Crippen LogP contribution in [0.5, 0.6) is 0 Å². The largest absolute Gasteiger partial charge is 0.463 e. The number of ether oxygens (including phenoxy) is 6. The van der Waals surface area contributed by atoms with E-state index in [1.54, 1.807) is 20.8 Å². The molecule has 0 spiro atoms. The number of carbonyl (C=O) groups excluding carboxylic acids is 6. The molecular formula is C34H58N2O12. The van der Waals surface area contributed by atoms with Gasteiger partial charge in [-0.1, -0.05) is 71.1 Å². The van der Waals surface area contributed by atoms with Crippen molar-refractivity contribution in [2.45, 2.75) is 175 Å². The van der Waals surface area contributed by atoms with Crippen molar-refractivity contribution in [1.82, 2.24) is 10.6 Å². The summed E-state index contributed by atoms with van der Waals surface area (Å²) in [6.45, 7) is 11.3. The number of nitrogens with one attached hydrogen (secondary N) is 2. The van der Waals surface area contributed by atoms with Crippen LogP contribution < -0.4 is 10.6 Å². The average Bonchev–Trinajstić information content (AvgIpc) is 2.95. The monoisotopic (exact) mass is 686 g/mol. The third-order valence-corrected chi connectivity index (χ3v) is 7.35. The summed E-state index contributed by atoms with van der Waals surface area (Å²) in [4.78, 5) is 74.5. The van der Waals surface area contributed by atoms with Gasteiger partial charge in [-0.2, -0.15) is 0 Å². The number of hydrogen-bond acceptors (Lipinski definition) is 12. The van der Waals surface area contributed by atoms with Gasteiger partial charge >= 0.3 is 30.0 Å². The minimum absolute atomic E-state index is 0.354. The van der Waals surface area contributed by atoms with E-state index >= 15 is 0 Å². The van der Waals surface area contributed by atoms with Gasteiger partial charge in [0.25, 0.3) is 5.91 Å². The molecule has 1 fully saturated rings. The fraction of sp³-hybridized carbons (Fsp3) is 0.824. The van der Waals surface area contributed by atoms with Gasteiger partial charge < -0.3 is 39.1 Å². The fourth-order valence-corrected chi connectivity index (χ4v) is 5.34. The second kappa shape index (κ2) is 22.3. The van der Waals surface area contributed by atoms with Gasteiger partial charge in [0.2, 0.25) is 0 Å². The van der Waals surface area contributed by atoms with Crippen molar-refractivity contribution in [3.63, 3.8) is 0 Å². The van der Waals surface area contributed by atoms with E-state index in [0.29, 0.717) is 12.8 Å². The van der Waals surface area contributed by atoms with Crippen molar-refractivity contribution >= 4 is 35.9 Å². The van der Waals surface area contributed by atoms with Gasteiger partial charge in [-0.15, -0.1) is 0 Å². The molecule has 2 amide bonds. The van der Waals surface area contributed by atoms with Gasteiger partial charge in [0.05, 0.1) is 0 Å². The van der Waals surface area contributed by atoms with Crippen molar-refractivity contribution in [2.75, 3.05) is 6.61 Å². The third-order valence-electron chi connectivity index (χ3n) is 7.35. The summed E-state index contributed by atoms with van der Waals surface area (Å²) in [6.07, 6.45) is 3.65. The zero-order valence-electron chi connectivity index (χ0n) is 30.1. The zero-order chi connectivity index (χ0) is 36.3. The van der Waals surface area contributed by atoms with Crippen LogP contribution in [-0.4, -0.2) is 84.8 Å². The molecule has 0 aromatic carbocycles. The van der Waals surface area contributed by atoms with E-state index in [9.17, 15) is 28.8 Å². The summed E-state index contributed by atoms with van der Waals surface area (Å²) in [6, 6.07) is 0. The average molecular weight is 687 g/mol. The highest BCUT2D eigenvalue weighted by molar-refractivity contribution is 5.83. The van der Waals surface area contributed by atoms with Crippen LogP contribution >= 0.6 is 0 Å². The third kappa shape index (κ3) is 18.2. The molecule has 0 saturated carbocycles. The quantitative estimate of drug-likeness (QED) is 0.0775. The first-order chi connectivity index (χ1) is 22.5. The topological polar surface area (TPSA) is 182 Å². The zero-order valence-corrected chi connectivity index (χ0v) is 30.1. The Bertz CT molecular complexity index is 1040. The lowest BCUT2D eigenvalue weighted by molar-refractivity contribution is -0.249. The van der Waals surface area contributed by atoms with Crippen LogP contribution in [0.3, 0.4) is 0 Å². The normalized spacial score (nSPS) is 21.3. The van der Waals surface area contributed by atoms with E-state index in [0.717, 1.165) is 53.4 Å². The van der Waals surface area contributed by atoms with Crippen LogP contribution in [-0.2, 0) is 52.4 Å². The lowest BCUT2D eigenvalue weighted by atomic mass is 9.93. The SMILES string of the molecule is CCCCCCCCCCCCC[C@@H](NC(=O)OC(C)(C)C)NC(=O)[C@@H]1O[C@H](COC(C)=O)[C@H](OC(C)=O)[C@H](OC(C)=O)[C@H]1OC(C)=O. The van der Waals surface area contributed by atoms with Crippen molar-refractivity contribution in [3.8, 4) is 0 Å². The van der Waals surface area contributed by atoms with Gasteiger partial charge in [-0.05, 0) is 33.6 Å². The molecule has 0 unspecified atom stereocenters. The van der Waals surface area contributed by atoms with Gasteiger partial charge in [0.1, 0.15) is 24.5 Å². The Balaban J connectivity index is 3.14. The molecule has 0 aliphatic carbocycles. The molecule has 48 heavy (non-hydrogen) atoms. The van der Waals surface area contributed by atoms with Crippen LogP contribution in [0.4, 0.5) is 4.79 Å². The molecule has 0 radical (unpaired) electrons. The number of rotatable bonds is 20. The summed E-state index contributed by atoms with van der Waals surface area (Å²) in [5.74, 6) is -3.94. The Labute approximate surface area is 285 Å². The van der Waals surface area contributed by atoms with E-state index in [2.05, 4.69) is 17.6 Å². The maximum atomic E-state index is 13.8. The second-order valence-electron chi connectivity index (χ2n) is 13.2. The van der Waals surface area contributed by atoms with Crippen molar-refractivity contribution in [1.29, 1.82) is 0 Å². The molecule has 1 aliphatic rings. The number of carbonyl (C=O) groups is 6. The van der Waals surface area contributed by atoms with Crippen LogP contribution in [0.2, 0.25) is 0 Å². The van der Waals surface area contributed by atoms with Crippen LogP contribution in [0.1, 0.15) is 132 Å². The number of alkyl carbamates (subject to hydrolysis) is 1. The first kappa shape index (κ1) is 42.6. The first-order valence-corrected chi connectivity index (χ1v) is 17.1. The lowest BCUT2D eigenvalue weighted by Crippen LogP contribution is -2.66. The van der Waals surface area contributed by atoms with E-state index in [4.69, 9.17) is 28.4 Å². The molecular weight excluding hydrogens is 628 g/mol.